The van der Waals surface area contributed by atoms with Crippen molar-refractivity contribution in [2.75, 3.05) is 40.9 Å². The van der Waals surface area contributed by atoms with Crippen LogP contribution in [0, 0.1) is 0 Å². The lowest BCUT2D eigenvalue weighted by Crippen LogP contribution is -2.46. The molecule has 1 fully saturated rings. The SMILES string of the molecule is COc1ccc([C@H](Cc2c(Cl)cncc2Cl)OC(=O)c2ccc(CNCC(C)(C(=O)OC3CCN(C)CC3)c3ccccc3)s2)cc1OC. The van der Waals surface area contributed by atoms with Crippen LogP contribution in [0.15, 0.2) is 73.1 Å². The molecule has 4 aromatic rings. The van der Waals surface area contributed by atoms with Gasteiger partial charge in [-0.05, 0) is 67.8 Å². The van der Waals surface area contributed by atoms with Crippen LogP contribution < -0.4 is 14.8 Å². The number of nitrogens with zero attached hydrogens (tertiary/aromatic N) is 2. The van der Waals surface area contributed by atoms with Crippen LogP contribution in [-0.4, -0.2) is 68.8 Å². The molecule has 0 amide bonds. The fraction of sp³-hybridized carbons (Fsp3) is 0.378. The lowest BCUT2D eigenvalue weighted by molar-refractivity contribution is -0.157. The molecular formula is C37H41Cl2N3O6S. The molecular weight excluding hydrogens is 685 g/mol. The summed E-state index contributed by atoms with van der Waals surface area (Å²) in [6.45, 7) is 4.53. The van der Waals surface area contributed by atoms with E-state index in [1.165, 1.54) is 23.7 Å². The van der Waals surface area contributed by atoms with Crippen LogP contribution in [0.3, 0.4) is 0 Å². The van der Waals surface area contributed by atoms with Crippen molar-refractivity contribution < 1.29 is 28.5 Å². The first kappa shape index (κ1) is 36.6. The molecule has 1 saturated heterocycles. The van der Waals surface area contributed by atoms with E-state index < -0.39 is 17.5 Å². The van der Waals surface area contributed by atoms with Crippen molar-refractivity contribution in [1.29, 1.82) is 0 Å². The summed E-state index contributed by atoms with van der Waals surface area (Å²) in [6, 6.07) is 18.7. The molecule has 1 aliphatic heterocycles. The standard InChI is InChI=1S/C37H41Cl2N3O6S/c1-37(25-8-6-5-7-9-25,36(44)47-26-14-16-42(2)17-15-26)23-41-20-27-11-13-34(49-27)35(43)48-32(19-28-29(38)21-40-22-30(28)39)24-10-12-31(45-3)33(18-24)46-4/h5-13,18,21-22,26,32,41H,14-17,19-20,23H2,1-4H3/t32-,37?/m0/s1. The maximum Gasteiger partial charge on any atom is 0.348 e. The molecule has 1 aliphatic rings. The molecule has 260 valence electrons. The third kappa shape index (κ3) is 9.12. The molecule has 1 N–H and O–H groups in total. The van der Waals surface area contributed by atoms with E-state index in [2.05, 4.69) is 22.2 Å². The van der Waals surface area contributed by atoms with Crippen LogP contribution in [0.2, 0.25) is 10.0 Å². The molecule has 9 nitrogen and oxygen atoms in total. The minimum Gasteiger partial charge on any atom is -0.493 e. The van der Waals surface area contributed by atoms with E-state index in [4.69, 9.17) is 42.1 Å². The summed E-state index contributed by atoms with van der Waals surface area (Å²) in [4.78, 5) is 34.8. The van der Waals surface area contributed by atoms with Crippen LogP contribution in [0.25, 0.3) is 0 Å². The van der Waals surface area contributed by atoms with Gasteiger partial charge in [0, 0.05) is 49.9 Å². The number of hydrogen-bond donors (Lipinski definition) is 1. The summed E-state index contributed by atoms with van der Waals surface area (Å²) in [5.74, 6) is 0.306. The molecule has 2 atom stereocenters. The molecule has 5 rings (SSSR count). The molecule has 2 aromatic carbocycles. The molecule has 0 radical (unpaired) electrons. The summed E-state index contributed by atoms with van der Waals surface area (Å²) in [5.41, 5.74) is 1.27. The minimum atomic E-state index is -0.897. The average molecular weight is 727 g/mol. The lowest BCUT2D eigenvalue weighted by Gasteiger charge is -2.33. The number of carbonyl (C=O) groups is 2. The second-order valence-corrected chi connectivity index (χ2v) is 14.3. The fourth-order valence-corrected chi connectivity index (χ4v) is 7.17. The van der Waals surface area contributed by atoms with E-state index in [9.17, 15) is 9.59 Å². The normalized spacial score (nSPS) is 15.6. The van der Waals surface area contributed by atoms with Gasteiger partial charge < -0.3 is 29.2 Å². The Kier molecular flexibility index (Phi) is 12.6. The number of carbonyl (C=O) groups excluding carboxylic acids is 2. The molecule has 12 heteroatoms. The zero-order valence-corrected chi connectivity index (χ0v) is 30.4. The number of nitrogens with one attached hydrogen (secondary N) is 1. The number of likely N-dealkylation sites (tertiary alicyclic amines) is 1. The van der Waals surface area contributed by atoms with E-state index in [0.717, 1.165) is 36.4 Å². The number of thiophene rings is 1. The highest BCUT2D eigenvalue weighted by atomic mass is 35.5. The van der Waals surface area contributed by atoms with Gasteiger partial charge in [0.2, 0.25) is 0 Å². The number of methoxy groups -OCH3 is 2. The fourth-order valence-electron chi connectivity index (χ4n) is 5.79. The maximum absolute atomic E-state index is 13.7. The van der Waals surface area contributed by atoms with Gasteiger partial charge in [0.15, 0.2) is 11.5 Å². The van der Waals surface area contributed by atoms with E-state index in [0.29, 0.717) is 50.6 Å². The van der Waals surface area contributed by atoms with Crippen molar-refractivity contribution in [1.82, 2.24) is 15.2 Å². The Balaban J connectivity index is 1.28. The zero-order chi connectivity index (χ0) is 35.0. The average Bonchev–Trinajstić information content (AvgIpc) is 3.59. The quantitative estimate of drug-likeness (QED) is 0.134. The van der Waals surface area contributed by atoms with E-state index in [1.54, 1.807) is 32.4 Å². The second kappa shape index (κ2) is 16.8. The Morgan fingerprint density at radius 1 is 1.00 bits per heavy atom. The number of piperidine rings is 1. The largest absolute Gasteiger partial charge is 0.493 e. The van der Waals surface area contributed by atoms with Gasteiger partial charge in [-0.3, -0.25) is 9.78 Å². The van der Waals surface area contributed by atoms with Crippen LogP contribution >= 0.6 is 34.5 Å². The van der Waals surface area contributed by atoms with E-state index in [-0.39, 0.29) is 18.5 Å². The Hall–Kier alpha value is -3.67. The molecule has 3 heterocycles. The van der Waals surface area contributed by atoms with Gasteiger partial charge in [-0.2, -0.15) is 0 Å². The molecule has 49 heavy (non-hydrogen) atoms. The first-order valence-corrected chi connectivity index (χ1v) is 17.6. The van der Waals surface area contributed by atoms with Crippen LogP contribution in [0.1, 0.15) is 57.1 Å². The van der Waals surface area contributed by atoms with Gasteiger partial charge in [0.25, 0.3) is 0 Å². The Morgan fingerprint density at radius 2 is 1.69 bits per heavy atom. The van der Waals surface area contributed by atoms with Gasteiger partial charge in [-0.25, -0.2) is 4.79 Å². The highest BCUT2D eigenvalue weighted by molar-refractivity contribution is 7.13. The summed E-state index contributed by atoms with van der Waals surface area (Å²) in [6.07, 6.45) is 4.04. The summed E-state index contributed by atoms with van der Waals surface area (Å²) >= 11 is 14.2. The lowest BCUT2D eigenvalue weighted by atomic mass is 9.82. The second-order valence-electron chi connectivity index (χ2n) is 12.3. The number of hydrogen-bond acceptors (Lipinski definition) is 10. The molecule has 0 bridgehead atoms. The van der Waals surface area contributed by atoms with Crippen LogP contribution in [-0.2, 0) is 32.6 Å². The number of rotatable bonds is 14. The third-order valence-electron chi connectivity index (χ3n) is 8.81. The van der Waals surface area contributed by atoms with Crippen molar-refractivity contribution in [2.24, 2.45) is 0 Å². The van der Waals surface area contributed by atoms with Gasteiger partial charge in [0.1, 0.15) is 22.5 Å². The molecule has 2 aromatic heterocycles. The number of pyridine rings is 1. The predicted molar refractivity (Wildman–Crippen MR) is 192 cm³/mol. The van der Waals surface area contributed by atoms with Crippen molar-refractivity contribution >= 4 is 46.5 Å². The maximum atomic E-state index is 13.7. The number of benzene rings is 2. The molecule has 0 aliphatic carbocycles. The highest BCUT2D eigenvalue weighted by Crippen LogP contribution is 2.36. The zero-order valence-electron chi connectivity index (χ0n) is 28.0. The van der Waals surface area contributed by atoms with Crippen molar-refractivity contribution in [3.63, 3.8) is 0 Å². The molecule has 1 unspecified atom stereocenters. The van der Waals surface area contributed by atoms with Gasteiger partial charge >= 0.3 is 11.9 Å². The van der Waals surface area contributed by atoms with Crippen LogP contribution in [0.5, 0.6) is 11.5 Å². The number of ether oxygens (including phenoxy) is 4. The number of halogens is 2. The molecule has 0 saturated carbocycles. The topological polar surface area (TPSA) is 99.2 Å². The summed E-state index contributed by atoms with van der Waals surface area (Å²) < 4.78 is 23.1. The smallest absolute Gasteiger partial charge is 0.348 e. The number of aromatic nitrogens is 1. The Morgan fingerprint density at radius 3 is 2.37 bits per heavy atom. The predicted octanol–water partition coefficient (Wildman–Crippen LogP) is 7.29. The first-order chi connectivity index (χ1) is 23.6. The number of esters is 2. The monoisotopic (exact) mass is 725 g/mol. The van der Waals surface area contributed by atoms with E-state index >= 15 is 0 Å². The van der Waals surface area contributed by atoms with Crippen molar-refractivity contribution in [3.05, 3.63) is 110 Å². The third-order valence-corrected chi connectivity index (χ3v) is 10.5. The van der Waals surface area contributed by atoms with Crippen molar-refractivity contribution in [3.8, 4) is 11.5 Å². The van der Waals surface area contributed by atoms with E-state index in [1.807, 2.05) is 49.4 Å². The van der Waals surface area contributed by atoms with Crippen molar-refractivity contribution in [2.45, 2.75) is 50.4 Å². The highest BCUT2D eigenvalue weighted by Gasteiger charge is 2.38. The Bertz CT molecular complexity index is 1710. The van der Waals surface area contributed by atoms with Gasteiger partial charge in [-0.1, -0.05) is 59.6 Å². The Labute approximate surface area is 301 Å². The summed E-state index contributed by atoms with van der Waals surface area (Å²) in [7, 11) is 5.18. The van der Waals surface area contributed by atoms with Gasteiger partial charge in [-0.15, -0.1) is 11.3 Å². The summed E-state index contributed by atoms with van der Waals surface area (Å²) in [5, 5.41) is 4.18. The first-order valence-electron chi connectivity index (χ1n) is 16.1. The van der Waals surface area contributed by atoms with Crippen LogP contribution in [0.4, 0.5) is 0 Å². The minimum absolute atomic E-state index is 0.0916. The molecule has 0 spiro atoms. The van der Waals surface area contributed by atoms with Gasteiger partial charge in [0.05, 0.1) is 24.3 Å².